The van der Waals surface area contributed by atoms with Crippen molar-refractivity contribution in [3.05, 3.63) is 41.7 Å². The van der Waals surface area contributed by atoms with Crippen LogP contribution in [0.3, 0.4) is 0 Å². The molecule has 1 N–H and O–H groups in total. The Balaban J connectivity index is 1.49. The summed E-state index contributed by atoms with van der Waals surface area (Å²) in [6.45, 7) is 2.97. The van der Waals surface area contributed by atoms with Crippen LogP contribution >= 0.6 is 0 Å². The minimum absolute atomic E-state index is 0.0425. The zero-order chi connectivity index (χ0) is 16.4. The Hall–Kier alpha value is -2.34. The number of rotatable bonds is 5. The summed E-state index contributed by atoms with van der Waals surface area (Å²) in [6.07, 6.45) is 2.67. The maximum atomic E-state index is 12.1. The average Bonchev–Trinajstić information content (AvgIpc) is 3.04. The van der Waals surface area contributed by atoms with Crippen LogP contribution in [-0.4, -0.2) is 46.8 Å². The molecule has 1 aromatic carbocycles. The molecular weight excluding hydrogens is 292 g/mol. The van der Waals surface area contributed by atoms with Gasteiger partial charge in [-0.15, -0.1) is 0 Å². The SMILES string of the molecule is Cc1c(NC(=O)CN(C)C[C@@H]2Cc3ccccc3O2)cnn1C. The number of amides is 1. The molecule has 23 heavy (non-hydrogen) atoms. The van der Waals surface area contributed by atoms with Gasteiger partial charge in [0.1, 0.15) is 11.9 Å². The van der Waals surface area contributed by atoms with E-state index >= 15 is 0 Å². The molecule has 6 nitrogen and oxygen atoms in total. The van der Waals surface area contributed by atoms with Gasteiger partial charge in [-0.2, -0.15) is 5.10 Å². The summed E-state index contributed by atoms with van der Waals surface area (Å²) in [7, 11) is 3.79. The van der Waals surface area contributed by atoms with Gasteiger partial charge in [0.05, 0.1) is 24.1 Å². The second-order valence-corrected chi connectivity index (χ2v) is 6.06. The summed E-state index contributed by atoms with van der Waals surface area (Å²) in [6, 6.07) is 8.09. The highest BCUT2D eigenvalue weighted by Gasteiger charge is 2.24. The quantitative estimate of drug-likeness (QED) is 0.911. The molecule has 0 spiro atoms. The van der Waals surface area contributed by atoms with Gasteiger partial charge in [-0.1, -0.05) is 18.2 Å². The largest absolute Gasteiger partial charge is 0.488 e. The molecule has 0 bridgehead atoms. The van der Waals surface area contributed by atoms with Crippen LogP contribution in [0.1, 0.15) is 11.3 Å². The predicted molar refractivity (Wildman–Crippen MR) is 88.6 cm³/mol. The Morgan fingerprint density at radius 2 is 2.26 bits per heavy atom. The number of fused-ring (bicyclic) bond motifs is 1. The molecule has 1 aliphatic heterocycles. The van der Waals surface area contributed by atoms with Gasteiger partial charge in [-0.05, 0) is 25.6 Å². The fourth-order valence-electron chi connectivity index (χ4n) is 2.82. The number of anilines is 1. The third-order valence-corrected chi connectivity index (χ3v) is 4.15. The van der Waals surface area contributed by atoms with Gasteiger partial charge in [0.25, 0.3) is 0 Å². The fraction of sp³-hybridized carbons (Fsp3) is 0.412. The Labute approximate surface area is 136 Å². The highest BCUT2D eigenvalue weighted by Crippen LogP contribution is 2.28. The zero-order valence-corrected chi connectivity index (χ0v) is 13.7. The Kier molecular flexibility index (Phi) is 4.34. The third-order valence-electron chi connectivity index (χ3n) is 4.15. The van der Waals surface area contributed by atoms with Crippen molar-refractivity contribution in [3.63, 3.8) is 0 Å². The average molecular weight is 314 g/mol. The maximum Gasteiger partial charge on any atom is 0.238 e. The topological polar surface area (TPSA) is 59.4 Å². The molecule has 0 saturated carbocycles. The summed E-state index contributed by atoms with van der Waals surface area (Å²) in [5.74, 6) is 0.917. The van der Waals surface area contributed by atoms with Crippen LogP contribution in [0.25, 0.3) is 0 Å². The Bertz CT molecular complexity index is 685. The number of hydrogen-bond donors (Lipinski definition) is 1. The van der Waals surface area contributed by atoms with Gasteiger partial charge in [0, 0.05) is 20.0 Å². The lowest BCUT2D eigenvalue weighted by Gasteiger charge is -2.20. The van der Waals surface area contributed by atoms with Crippen LogP contribution < -0.4 is 10.1 Å². The number of aromatic nitrogens is 2. The molecule has 2 aromatic rings. The van der Waals surface area contributed by atoms with E-state index in [1.807, 2.05) is 44.1 Å². The van der Waals surface area contributed by atoms with Crippen molar-refractivity contribution in [3.8, 4) is 5.75 Å². The van der Waals surface area contributed by atoms with E-state index in [-0.39, 0.29) is 12.0 Å². The van der Waals surface area contributed by atoms with Crippen molar-refractivity contribution in [2.45, 2.75) is 19.4 Å². The first kappa shape index (κ1) is 15.6. The van der Waals surface area contributed by atoms with E-state index in [4.69, 9.17) is 4.74 Å². The minimum atomic E-state index is -0.0425. The second-order valence-electron chi connectivity index (χ2n) is 6.06. The first-order chi connectivity index (χ1) is 11.0. The molecular formula is C17H22N4O2. The van der Waals surface area contributed by atoms with Crippen LogP contribution in [0, 0.1) is 6.92 Å². The van der Waals surface area contributed by atoms with Crippen molar-refractivity contribution >= 4 is 11.6 Å². The highest BCUT2D eigenvalue weighted by atomic mass is 16.5. The summed E-state index contributed by atoms with van der Waals surface area (Å²) >= 11 is 0. The minimum Gasteiger partial charge on any atom is -0.488 e. The van der Waals surface area contributed by atoms with Crippen LogP contribution in [0.2, 0.25) is 0 Å². The molecule has 0 aliphatic carbocycles. The molecule has 1 amide bonds. The number of nitrogens with zero attached hydrogens (tertiary/aromatic N) is 3. The predicted octanol–water partition coefficient (Wildman–Crippen LogP) is 1.60. The molecule has 1 aliphatic rings. The highest BCUT2D eigenvalue weighted by molar-refractivity contribution is 5.92. The standard InChI is InChI=1S/C17H22N4O2/c1-12-15(9-18-21(12)3)19-17(22)11-20(2)10-14-8-13-6-4-5-7-16(13)23-14/h4-7,9,14H,8,10-11H2,1-3H3,(H,19,22)/t14-/m0/s1. The van der Waals surface area contributed by atoms with E-state index in [0.29, 0.717) is 13.1 Å². The van der Waals surface area contributed by atoms with Crippen LogP contribution in [0.15, 0.2) is 30.5 Å². The van der Waals surface area contributed by atoms with Crippen LogP contribution in [0.5, 0.6) is 5.75 Å². The van der Waals surface area contributed by atoms with Gasteiger partial charge in [-0.3, -0.25) is 14.4 Å². The van der Waals surface area contributed by atoms with E-state index in [9.17, 15) is 4.79 Å². The van der Waals surface area contributed by atoms with Crippen LogP contribution in [-0.2, 0) is 18.3 Å². The smallest absolute Gasteiger partial charge is 0.238 e. The van der Waals surface area contributed by atoms with Crippen LogP contribution in [0.4, 0.5) is 5.69 Å². The number of para-hydroxylation sites is 1. The fourth-order valence-corrected chi connectivity index (χ4v) is 2.82. The Morgan fingerprint density at radius 1 is 1.48 bits per heavy atom. The van der Waals surface area contributed by atoms with Gasteiger partial charge in [0.15, 0.2) is 0 Å². The lowest BCUT2D eigenvalue weighted by atomic mass is 10.1. The second kappa shape index (κ2) is 6.42. The Morgan fingerprint density at radius 3 is 2.96 bits per heavy atom. The summed E-state index contributed by atoms with van der Waals surface area (Å²) in [5.41, 5.74) is 2.94. The number of nitrogens with one attached hydrogen (secondary N) is 1. The van der Waals surface area contributed by atoms with E-state index in [1.165, 1.54) is 5.56 Å². The maximum absolute atomic E-state index is 12.1. The molecule has 0 unspecified atom stereocenters. The van der Waals surface area contributed by atoms with E-state index in [1.54, 1.807) is 10.9 Å². The summed E-state index contributed by atoms with van der Waals surface area (Å²) in [5, 5.41) is 7.02. The molecule has 1 aromatic heterocycles. The van der Waals surface area contributed by atoms with Crippen molar-refractivity contribution in [1.29, 1.82) is 0 Å². The zero-order valence-electron chi connectivity index (χ0n) is 13.7. The monoisotopic (exact) mass is 314 g/mol. The van der Waals surface area contributed by atoms with E-state index in [0.717, 1.165) is 23.6 Å². The number of ether oxygens (including phenoxy) is 1. The number of carbonyl (C=O) groups is 1. The van der Waals surface area contributed by atoms with Crippen molar-refractivity contribution in [1.82, 2.24) is 14.7 Å². The van der Waals surface area contributed by atoms with Crippen molar-refractivity contribution in [2.24, 2.45) is 7.05 Å². The van der Waals surface area contributed by atoms with E-state index in [2.05, 4.69) is 16.5 Å². The summed E-state index contributed by atoms with van der Waals surface area (Å²) in [4.78, 5) is 14.1. The van der Waals surface area contributed by atoms with E-state index < -0.39 is 0 Å². The third kappa shape index (κ3) is 3.53. The molecule has 1 atom stereocenters. The molecule has 3 rings (SSSR count). The van der Waals surface area contributed by atoms with Gasteiger partial charge < -0.3 is 10.1 Å². The number of benzene rings is 1. The molecule has 0 radical (unpaired) electrons. The molecule has 0 fully saturated rings. The van der Waals surface area contributed by atoms with Crippen molar-refractivity contribution in [2.75, 3.05) is 25.5 Å². The number of likely N-dealkylation sites (N-methyl/N-ethyl adjacent to an activating group) is 1. The number of hydrogen-bond acceptors (Lipinski definition) is 4. The number of aryl methyl sites for hydroxylation is 1. The molecule has 122 valence electrons. The molecule has 2 heterocycles. The lowest BCUT2D eigenvalue weighted by molar-refractivity contribution is -0.117. The van der Waals surface area contributed by atoms with Crippen molar-refractivity contribution < 1.29 is 9.53 Å². The molecule has 6 heteroatoms. The lowest BCUT2D eigenvalue weighted by Crippen LogP contribution is -2.37. The normalized spacial score (nSPS) is 16.3. The van der Waals surface area contributed by atoms with Gasteiger partial charge >= 0.3 is 0 Å². The number of carbonyl (C=O) groups excluding carboxylic acids is 1. The summed E-state index contributed by atoms with van der Waals surface area (Å²) < 4.78 is 7.65. The van der Waals surface area contributed by atoms with Gasteiger partial charge in [0.2, 0.25) is 5.91 Å². The first-order valence-corrected chi connectivity index (χ1v) is 7.74. The molecule has 0 saturated heterocycles. The first-order valence-electron chi connectivity index (χ1n) is 7.74. The van der Waals surface area contributed by atoms with Gasteiger partial charge in [-0.25, -0.2) is 0 Å².